The van der Waals surface area contributed by atoms with Crippen molar-refractivity contribution in [3.8, 4) is 0 Å². The fourth-order valence-corrected chi connectivity index (χ4v) is 4.51. The molecule has 2 aromatic rings. The molecule has 4 rings (SSSR count). The highest BCUT2D eigenvalue weighted by atomic mass is 16.3. The largest absolute Gasteiger partial charge is 0.390 e. The van der Waals surface area contributed by atoms with E-state index < -0.39 is 5.60 Å². The number of hydrogen-bond donors (Lipinski definition) is 2. The number of aromatic amines is 1. The van der Waals surface area contributed by atoms with Crippen LogP contribution in [0.5, 0.6) is 0 Å². The molecule has 118 valence electrons. The first-order chi connectivity index (χ1) is 10.7. The molecular formula is C17H24N4O. The standard InChI is InChI=1S/C17H24N4O/c1-17(22)8-3-2-5-13(17)14-6-4-10-21(14)16-12-7-9-18-15(12)19-11-20-16/h7,9,11,13-14,22H,2-6,8,10H2,1H3,(H,18,19,20). The number of aliphatic hydroxyl groups is 1. The third kappa shape index (κ3) is 2.19. The van der Waals surface area contributed by atoms with Gasteiger partial charge in [0.2, 0.25) is 0 Å². The summed E-state index contributed by atoms with van der Waals surface area (Å²) >= 11 is 0. The van der Waals surface area contributed by atoms with Gasteiger partial charge in [0.05, 0.1) is 11.0 Å². The van der Waals surface area contributed by atoms with Crippen LogP contribution in [0.2, 0.25) is 0 Å². The fraction of sp³-hybridized carbons (Fsp3) is 0.647. The van der Waals surface area contributed by atoms with E-state index in [0.717, 1.165) is 49.1 Å². The van der Waals surface area contributed by atoms with Crippen molar-refractivity contribution in [1.29, 1.82) is 0 Å². The Bertz CT molecular complexity index is 665. The Hall–Kier alpha value is -1.62. The average Bonchev–Trinajstić information content (AvgIpc) is 3.15. The lowest BCUT2D eigenvalue weighted by molar-refractivity contribution is -0.0410. The molecule has 22 heavy (non-hydrogen) atoms. The summed E-state index contributed by atoms with van der Waals surface area (Å²) in [6.07, 6.45) is 10.3. The summed E-state index contributed by atoms with van der Waals surface area (Å²) in [5, 5.41) is 12.0. The zero-order valence-electron chi connectivity index (χ0n) is 13.1. The van der Waals surface area contributed by atoms with Crippen LogP contribution in [0.15, 0.2) is 18.6 Å². The molecule has 3 heterocycles. The maximum atomic E-state index is 10.9. The number of aromatic nitrogens is 3. The molecule has 2 aromatic heterocycles. The fourth-order valence-electron chi connectivity index (χ4n) is 4.51. The molecule has 2 aliphatic rings. The van der Waals surface area contributed by atoms with E-state index in [4.69, 9.17) is 0 Å². The van der Waals surface area contributed by atoms with Gasteiger partial charge in [-0.25, -0.2) is 9.97 Å². The third-order valence-electron chi connectivity index (χ3n) is 5.62. The van der Waals surface area contributed by atoms with Crippen LogP contribution >= 0.6 is 0 Å². The van der Waals surface area contributed by atoms with Gasteiger partial charge in [0.15, 0.2) is 0 Å². The second-order valence-electron chi connectivity index (χ2n) is 7.05. The van der Waals surface area contributed by atoms with Gasteiger partial charge < -0.3 is 15.0 Å². The Morgan fingerprint density at radius 3 is 3.05 bits per heavy atom. The first-order valence-corrected chi connectivity index (χ1v) is 8.44. The highest BCUT2D eigenvalue weighted by Crippen LogP contribution is 2.42. The Labute approximate surface area is 130 Å². The van der Waals surface area contributed by atoms with Gasteiger partial charge in [-0.15, -0.1) is 0 Å². The molecule has 0 spiro atoms. The van der Waals surface area contributed by atoms with Gasteiger partial charge in [-0.1, -0.05) is 12.8 Å². The molecule has 0 amide bonds. The Balaban J connectivity index is 1.70. The van der Waals surface area contributed by atoms with Crippen molar-refractivity contribution in [2.75, 3.05) is 11.4 Å². The summed E-state index contributed by atoms with van der Waals surface area (Å²) in [5.74, 6) is 1.36. The molecule has 1 saturated heterocycles. The van der Waals surface area contributed by atoms with E-state index in [9.17, 15) is 5.11 Å². The average molecular weight is 300 g/mol. The lowest BCUT2D eigenvalue weighted by Crippen LogP contribution is -2.49. The maximum absolute atomic E-state index is 10.9. The molecule has 3 unspecified atom stereocenters. The van der Waals surface area contributed by atoms with Gasteiger partial charge in [0, 0.05) is 24.7 Å². The molecule has 0 bridgehead atoms. The van der Waals surface area contributed by atoms with E-state index >= 15 is 0 Å². The van der Waals surface area contributed by atoms with Crippen molar-refractivity contribution in [3.05, 3.63) is 18.6 Å². The zero-order chi connectivity index (χ0) is 15.2. The van der Waals surface area contributed by atoms with Crippen molar-refractivity contribution < 1.29 is 5.11 Å². The van der Waals surface area contributed by atoms with E-state index in [-0.39, 0.29) is 0 Å². The highest BCUT2D eigenvalue weighted by Gasteiger charge is 2.43. The molecular weight excluding hydrogens is 276 g/mol. The Kier molecular flexibility index (Phi) is 3.33. The zero-order valence-corrected chi connectivity index (χ0v) is 13.1. The quantitative estimate of drug-likeness (QED) is 0.895. The minimum atomic E-state index is -0.546. The van der Waals surface area contributed by atoms with E-state index in [2.05, 4.69) is 25.9 Å². The van der Waals surface area contributed by atoms with Crippen molar-refractivity contribution in [2.24, 2.45) is 5.92 Å². The summed E-state index contributed by atoms with van der Waals surface area (Å²) in [5.41, 5.74) is 0.349. The summed E-state index contributed by atoms with van der Waals surface area (Å²) in [4.78, 5) is 14.4. The monoisotopic (exact) mass is 300 g/mol. The number of nitrogens with one attached hydrogen (secondary N) is 1. The van der Waals surface area contributed by atoms with E-state index in [1.54, 1.807) is 6.33 Å². The number of anilines is 1. The Morgan fingerprint density at radius 1 is 1.27 bits per heavy atom. The van der Waals surface area contributed by atoms with Gasteiger partial charge in [0.25, 0.3) is 0 Å². The predicted molar refractivity (Wildman–Crippen MR) is 86.8 cm³/mol. The summed E-state index contributed by atoms with van der Waals surface area (Å²) in [6, 6.07) is 2.45. The van der Waals surface area contributed by atoms with Crippen molar-refractivity contribution in [1.82, 2.24) is 15.0 Å². The van der Waals surface area contributed by atoms with E-state index in [1.165, 1.54) is 12.8 Å². The topological polar surface area (TPSA) is 65.0 Å². The van der Waals surface area contributed by atoms with Crippen molar-refractivity contribution in [2.45, 2.75) is 57.1 Å². The summed E-state index contributed by atoms with van der Waals surface area (Å²) in [7, 11) is 0. The van der Waals surface area contributed by atoms with Crippen molar-refractivity contribution in [3.63, 3.8) is 0 Å². The van der Waals surface area contributed by atoms with Crippen LogP contribution < -0.4 is 4.90 Å². The number of H-pyrrole nitrogens is 1. The lowest BCUT2D eigenvalue weighted by atomic mass is 9.72. The lowest BCUT2D eigenvalue weighted by Gasteiger charge is -2.43. The molecule has 1 aliphatic heterocycles. The molecule has 2 N–H and O–H groups in total. The van der Waals surface area contributed by atoms with Crippen LogP contribution in [0.4, 0.5) is 5.82 Å². The third-order valence-corrected chi connectivity index (χ3v) is 5.62. The first kappa shape index (κ1) is 14.0. The Morgan fingerprint density at radius 2 is 2.18 bits per heavy atom. The molecule has 0 aromatic carbocycles. The number of hydrogen-bond acceptors (Lipinski definition) is 4. The molecule has 1 aliphatic carbocycles. The van der Waals surface area contributed by atoms with Gasteiger partial charge in [-0.2, -0.15) is 0 Å². The van der Waals surface area contributed by atoms with Crippen LogP contribution in [0, 0.1) is 5.92 Å². The van der Waals surface area contributed by atoms with Crippen LogP contribution in [-0.2, 0) is 0 Å². The second kappa shape index (κ2) is 5.23. The van der Waals surface area contributed by atoms with E-state index in [1.807, 2.05) is 13.1 Å². The minimum absolute atomic E-state index is 0.340. The van der Waals surface area contributed by atoms with Crippen LogP contribution in [0.25, 0.3) is 11.0 Å². The summed E-state index contributed by atoms with van der Waals surface area (Å²) < 4.78 is 0. The molecule has 5 nitrogen and oxygen atoms in total. The van der Waals surface area contributed by atoms with E-state index in [0.29, 0.717) is 12.0 Å². The normalized spacial score (nSPS) is 32.7. The maximum Gasteiger partial charge on any atom is 0.142 e. The van der Waals surface area contributed by atoms with Crippen molar-refractivity contribution >= 4 is 16.9 Å². The molecule has 2 fully saturated rings. The molecule has 0 radical (unpaired) electrons. The predicted octanol–water partition coefficient (Wildman–Crippen LogP) is 2.87. The summed E-state index contributed by atoms with van der Waals surface area (Å²) in [6.45, 7) is 3.05. The minimum Gasteiger partial charge on any atom is -0.390 e. The first-order valence-electron chi connectivity index (χ1n) is 8.44. The molecule has 3 atom stereocenters. The highest BCUT2D eigenvalue weighted by molar-refractivity contribution is 5.87. The number of nitrogens with zero attached hydrogens (tertiary/aromatic N) is 3. The van der Waals surface area contributed by atoms with Crippen LogP contribution in [0.1, 0.15) is 45.4 Å². The second-order valence-corrected chi connectivity index (χ2v) is 7.05. The number of rotatable bonds is 2. The van der Waals surface area contributed by atoms with Crippen LogP contribution in [-0.4, -0.2) is 38.2 Å². The van der Waals surface area contributed by atoms with Gasteiger partial charge in [-0.05, 0) is 38.7 Å². The van der Waals surface area contributed by atoms with Crippen LogP contribution in [0.3, 0.4) is 0 Å². The van der Waals surface area contributed by atoms with Gasteiger partial charge in [-0.3, -0.25) is 0 Å². The SMILES string of the molecule is CC1(O)CCCCC1C1CCCN1c1ncnc2[nH]ccc12. The smallest absolute Gasteiger partial charge is 0.142 e. The molecule has 5 heteroatoms. The van der Waals surface area contributed by atoms with Gasteiger partial charge >= 0.3 is 0 Å². The molecule has 1 saturated carbocycles. The van der Waals surface area contributed by atoms with Gasteiger partial charge in [0.1, 0.15) is 17.8 Å². The number of fused-ring (bicyclic) bond motifs is 1.